The van der Waals surface area contributed by atoms with Crippen LogP contribution in [0.1, 0.15) is 11.1 Å². The second-order valence-corrected chi connectivity index (χ2v) is 3.85. The van der Waals surface area contributed by atoms with E-state index in [0.29, 0.717) is 5.75 Å². The molecule has 1 heterocycles. The van der Waals surface area contributed by atoms with Gasteiger partial charge >= 0.3 is 0 Å². The number of benzene rings is 1. The lowest BCUT2D eigenvalue weighted by Crippen LogP contribution is -1.98. The molecule has 2 heteroatoms. The van der Waals surface area contributed by atoms with Crippen molar-refractivity contribution in [1.82, 2.24) is 0 Å². The quantitative estimate of drug-likeness (QED) is 0.572. The fraction of sp³-hybridized carbons (Fsp3) is 0.111. The number of rotatable bonds is 0. The first kappa shape index (κ1) is 6.80. The third-order valence-electron chi connectivity index (χ3n) is 1.75. The zero-order chi connectivity index (χ0) is 7.68. The molecule has 0 amide bonds. The van der Waals surface area contributed by atoms with Crippen LogP contribution in [0.25, 0.3) is 6.08 Å². The molecule has 0 N–H and O–H groups in total. The van der Waals surface area contributed by atoms with Crippen molar-refractivity contribution in [3.63, 3.8) is 0 Å². The average molecular weight is 164 g/mol. The van der Waals surface area contributed by atoms with Crippen LogP contribution in [0.2, 0.25) is 0 Å². The van der Waals surface area contributed by atoms with Gasteiger partial charge in [-0.15, -0.1) is 0 Å². The molecule has 1 aliphatic heterocycles. The number of fused-ring (bicyclic) bond motifs is 1. The molecule has 1 unspecified atom stereocenters. The summed E-state index contributed by atoms with van der Waals surface area (Å²) in [6, 6.07) is 8.05. The average Bonchev–Trinajstić information content (AvgIpc) is 2.04. The highest BCUT2D eigenvalue weighted by Crippen LogP contribution is 2.18. The summed E-state index contributed by atoms with van der Waals surface area (Å²) in [6.45, 7) is 0. The molecule has 1 aliphatic rings. The Morgan fingerprint density at radius 1 is 1.27 bits per heavy atom. The second-order valence-electron chi connectivity index (χ2n) is 2.53. The summed E-state index contributed by atoms with van der Waals surface area (Å²) in [5, 5.41) is 1.75. The molecule has 1 aromatic rings. The van der Waals surface area contributed by atoms with Crippen molar-refractivity contribution in [2.75, 3.05) is 0 Å². The molecule has 0 saturated carbocycles. The molecule has 0 aliphatic carbocycles. The van der Waals surface area contributed by atoms with Gasteiger partial charge in [0.2, 0.25) is 0 Å². The second kappa shape index (κ2) is 2.62. The monoisotopic (exact) mass is 164 g/mol. The summed E-state index contributed by atoms with van der Waals surface area (Å²) in [5.41, 5.74) is 2.39. The SMILES string of the molecule is O=S1C=Cc2ccccc2C1. The molecule has 1 nitrogen and oxygen atoms in total. The predicted octanol–water partition coefficient (Wildman–Crippen LogP) is 1.92. The minimum absolute atomic E-state index is 0.673. The molecule has 1 aromatic carbocycles. The smallest absolute Gasteiger partial charge is 0.0532 e. The summed E-state index contributed by atoms with van der Waals surface area (Å²) >= 11 is 0. The van der Waals surface area contributed by atoms with E-state index in [2.05, 4.69) is 0 Å². The van der Waals surface area contributed by atoms with Gasteiger partial charge in [0.1, 0.15) is 0 Å². The highest BCUT2D eigenvalue weighted by molar-refractivity contribution is 7.87. The number of hydrogen-bond acceptors (Lipinski definition) is 1. The van der Waals surface area contributed by atoms with Crippen LogP contribution >= 0.6 is 0 Å². The van der Waals surface area contributed by atoms with Crippen LogP contribution in [0.15, 0.2) is 29.7 Å². The van der Waals surface area contributed by atoms with Crippen molar-refractivity contribution in [3.8, 4) is 0 Å². The van der Waals surface area contributed by atoms with E-state index in [1.165, 1.54) is 11.1 Å². The van der Waals surface area contributed by atoms with Gasteiger partial charge in [-0.3, -0.25) is 4.21 Å². The van der Waals surface area contributed by atoms with Gasteiger partial charge in [-0.25, -0.2) is 0 Å². The maximum absolute atomic E-state index is 11.1. The lowest BCUT2D eigenvalue weighted by Gasteiger charge is -2.07. The van der Waals surface area contributed by atoms with E-state index in [4.69, 9.17) is 0 Å². The molecule has 2 rings (SSSR count). The zero-order valence-corrected chi connectivity index (χ0v) is 6.80. The topological polar surface area (TPSA) is 17.1 Å². The van der Waals surface area contributed by atoms with Crippen molar-refractivity contribution in [2.45, 2.75) is 5.75 Å². The Balaban J connectivity index is 2.54. The maximum atomic E-state index is 11.1. The Hall–Kier alpha value is -0.890. The minimum atomic E-state index is -0.782. The van der Waals surface area contributed by atoms with E-state index in [1.807, 2.05) is 30.3 Å². The lowest BCUT2D eigenvalue weighted by molar-refractivity contribution is 0.687. The summed E-state index contributed by atoms with van der Waals surface area (Å²) < 4.78 is 11.1. The van der Waals surface area contributed by atoms with Crippen LogP contribution in [-0.4, -0.2) is 4.21 Å². The molecule has 0 radical (unpaired) electrons. The normalized spacial score (nSPS) is 21.3. The zero-order valence-electron chi connectivity index (χ0n) is 5.99. The van der Waals surface area contributed by atoms with Crippen molar-refractivity contribution in [3.05, 3.63) is 40.8 Å². The van der Waals surface area contributed by atoms with E-state index in [-0.39, 0.29) is 0 Å². The molecule has 1 atom stereocenters. The van der Waals surface area contributed by atoms with Crippen LogP contribution in [0.5, 0.6) is 0 Å². The lowest BCUT2D eigenvalue weighted by atomic mass is 10.1. The van der Waals surface area contributed by atoms with E-state index in [9.17, 15) is 4.21 Å². The van der Waals surface area contributed by atoms with Crippen LogP contribution in [0.3, 0.4) is 0 Å². The summed E-state index contributed by atoms with van der Waals surface area (Å²) in [6.07, 6.45) is 1.93. The minimum Gasteiger partial charge on any atom is -0.255 e. The Kier molecular flexibility index (Phi) is 1.62. The van der Waals surface area contributed by atoms with Crippen molar-refractivity contribution < 1.29 is 4.21 Å². The Morgan fingerprint density at radius 3 is 3.00 bits per heavy atom. The fourth-order valence-electron chi connectivity index (χ4n) is 1.18. The van der Waals surface area contributed by atoms with Crippen LogP contribution in [-0.2, 0) is 16.6 Å². The van der Waals surface area contributed by atoms with Crippen LogP contribution in [0, 0.1) is 0 Å². The molecular formula is C9H8OS. The Morgan fingerprint density at radius 2 is 2.09 bits per heavy atom. The van der Waals surface area contributed by atoms with E-state index < -0.39 is 10.8 Å². The van der Waals surface area contributed by atoms with Gasteiger partial charge < -0.3 is 0 Å². The largest absolute Gasteiger partial charge is 0.255 e. The van der Waals surface area contributed by atoms with Crippen molar-refractivity contribution >= 4 is 16.9 Å². The van der Waals surface area contributed by atoms with Crippen molar-refractivity contribution in [2.24, 2.45) is 0 Å². The van der Waals surface area contributed by atoms with Gasteiger partial charge in [-0.1, -0.05) is 24.3 Å². The van der Waals surface area contributed by atoms with Gasteiger partial charge in [-0.2, -0.15) is 0 Å². The van der Waals surface area contributed by atoms with E-state index >= 15 is 0 Å². The molecule has 0 fully saturated rings. The first-order valence-corrected chi connectivity index (χ1v) is 4.88. The van der Waals surface area contributed by atoms with Gasteiger partial charge in [0.15, 0.2) is 0 Å². The summed E-state index contributed by atoms with van der Waals surface area (Å²) in [4.78, 5) is 0. The van der Waals surface area contributed by atoms with E-state index in [0.717, 1.165) is 0 Å². The highest BCUT2D eigenvalue weighted by atomic mass is 32.2. The molecule has 0 aromatic heterocycles. The van der Waals surface area contributed by atoms with Crippen LogP contribution < -0.4 is 0 Å². The van der Waals surface area contributed by atoms with Gasteiger partial charge in [0.05, 0.1) is 16.6 Å². The third-order valence-corrected chi connectivity index (χ3v) is 2.79. The molecule has 0 bridgehead atoms. The first-order valence-electron chi connectivity index (χ1n) is 3.49. The van der Waals surface area contributed by atoms with Gasteiger partial charge in [-0.05, 0) is 17.2 Å². The number of hydrogen-bond donors (Lipinski definition) is 0. The van der Waals surface area contributed by atoms with Gasteiger partial charge in [0, 0.05) is 5.41 Å². The van der Waals surface area contributed by atoms with E-state index in [1.54, 1.807) is 5.41 Å². The van der Waals surface area contributed by atoms with Gasteiger partial charge in [0.25, 0.3) is 0 Å². The first-order chi connectivity index (χ1) is 5.36. The Bertz CT molecular complexity index is 328. The Labute approximate surface area is 68.2 Å². The molecule has 11 heavy (non-hydrogen) atoms. The fourth-order valence-corrected chi connectivity index (χ4v) is 2.14. The molecule has 0 spiro atoms. The maximum Gasteiger partial charge on any atom is 0.0532 e. The molecule has 56 valence electrons. The molecular weight excluding hydrogens is 156 g/mol. The summed E-state index contributed by atoms with van der Waals surface area (Å²) in [5.74, 6) is 0.673. The third kappa shape index (κ3) is 1.26. The predicted molar refractivity (Wildman–Crippen MR) is 47.3 cm³/mol. The summed E-state index contributed by atoms with van der Waals surface area (Å²) in [7, 11) is -0.782. The van der Waals surface area contributed by atoms with Crippen LogP contribution in [0.4, 0.5) is 0 Å². The highest BCUT2D eigenvalue weighted by Gasteiger charge is 2.06. The van der Waals surface area contributed by atoms with Crippen molar-refractivity contribution in [1.29, 1.82) is 0 Å². The standard InChI is InChI=1S/C9H8OS/c10-11-6-5-8-3-1-2-4-9(8)7-11/h1-6H,7H2. The molecule has 0 saturated heterocycles.